The number of ether oxygens (including phenoxy) is 1. The molecule has 0 spiro atoms. The molecule has 1 rings (SSSR count). The lowest BCUT2D eigenvalue weighted by Gasteiger charge is -2.17. The van der Waals surface area contributed by atoms with Crippen LogP contribution in [0.5, 0.6) is 5.75 Å². The van der Waals surface area contributed by atoms with Gasteiger partial charge in [0.05, 0.1) is 13.2 Å². The van der Waals surface area contributed by atoms with Crippen molar-refractivity contribution < 1.29 is 14.2 Å². The number of likely N-dealkylation sites (N-methyl/N-ethyl adjacent to an activating group) is 1. The highest BCUT2D eigenvalue weighted by Crippen LogP contribution is 2.28. The summed E-state index contributed by atoms with van der Waals surface area (Å²) in [7, 11) is 3.24. The van der Waals surface area contributed by atoms with E-state index < -0.39 is 6.10 Å². The molecule has 0 heterocycles. The van der Waals surface area contributed by atoms with Gasteiger partial charge in [0.25, 0.3) is 0 Å². The molecule has 0 radical (unpaired) electrons. The minimum absolute atomic E-state index is 0.388. The number of hydrogen-bond donors (Lipinski definition) is 2. The molecular formula is C12H18FNO2. The zero-order chi connectivity index (χ0) is 12.1. The minimum atomic E-state index is -0.718. The Morgan fingerprint density at radius 3 is 2.69 bits per heavy atom. The van der Waals surface area contributed by atoms with Crippen molar-refractivity contribution in [2.24, 2.45) is 0 Å². The van der Waals surface area contributed by atoms with Crippen LogP contribution in [-0.2, 0) is 6.42 Å². The van der Waals surface area contributed by atoms with Gasteiger partial charge in [-0.1, -0.05) is 6.92 Å². The standard InChI is InChI=1S/C12H18FNO2/c1-4-9-10(11(15)7-14-2)5-8(13)6-12(9)16-3/h5-6,11,14-15H,4,7H2,1-3H3. The number of aliphatic hydroxyl groups is 1. The van der Waals surface area contributed by atoms with Crippen LogP contribution in [0.2, 0.25) is 0 Å². The Labute approximate surface area is 95.2 Å². The van der Waals surface area contributed by atoms with Gasteiger partial charge in [-0.3, -0.25) is 0 Å². The van der Waals surface area contributed by atoms with Crippen LogP contribution in [0.15, 0.2) is 12.1 Å². The van der Waals surface area contributed by atoms with Gasteiger partial charge < -0.3 is 15.2 Å². The van der Waals surface area contributed by atoms with Crippen LogP contribution in [0, 0.1) is 5.82 Å². The lowest BCUT2D eigenvalue weighted by Crippen LogP contribution is -2.18. The summed E-state index contributed by atoms with van der Waals surface area (Å²) >= 11 is 0. The summed E-state index contributed by atoms with van der Waals surface area (Å²) in [4.78, 5) is 0. The number of benzene rings is 1. The van der Waals surface area contributed by atoms with E-state index in [1.807, 2.05) is 6.92 Å². The maximum Gasteiger partial charge on any atom is 0.127 e. The van der Waals surface area contributed by atoms with Crippen LogP contribution in [0.3, 0.4) is 0 Å². The Morgan fingerprint density at radius 1 is 1.50 bits per heavy atom. The molecule has 0 aliphatic heterocycles. The summed E-state index contributed by atoms with van der Waals surface area (Å²) in [6, 6.07) is 2.71. The number of halogens is 1. The zero-order valence-electron chi connectivity index (χ0n) is 9.88. The van der Waals surface area contributed by atoms with Crippen LogP contribution < -0.4 is 10.1 Å². The van der Waals surface area contributed by atoms with Crippen molar-refractivity contribution >= 4 is 0 Å². The van der Waals surface area contributed by atoms with E-state index in [-0.39, 0.29) is 5.82 Å². The third-order valence-electron chi connectivity index (χ3n) is 2.54. The Morgan fingerprint density at radius 2 is 2.19 bits per heavy atom. The topological polar surface area (TPSA) is 41.5 Å². The highest BCUT2D eigenvalue weighted by molar-refractivity contribution is 5.42. The lowest BCUT2D eigenvalue weighted by atomic mass is 9.99. The molecule has 1 aromatic carbocycles. The molecule has 0 saturated heterocycles. The van der Waals surface area contributed by atoms with Crippen LogP contribution in [0.1, 0.15) is 24.2 Å². The quantitative estimate of drug-likeness (QED) is 0.803. The van der Waals surface area contributed by atoms with Crippen molar-refractivity contribution in [2.45, 2.75) is 19.4 Å². The molecule has 90 valence electrons. The van der Waals surface area contributed by atoms with Crippen LogP contribution in [-0.4, -0.2) is 25.8 Å². The molecule has 4 heteroatoms. The SMILES string of the molecule is CCc1c(OC)cc(F)cc1C(O)CNC. The van der Waals surface area contributed by atoms with E-state index in [2.05, 4.69) is 5.32 Å². The van der Waals surface area contributed by atoms with E-state index in [9.17, 15) is 9.50 Å². The van der Waals surface area contributed by atoms with Crippen LogP contribution >= 0.6 is 0 Å². The van der Waals surface area contributed by atoms with E-state index in [0.29, 0.717) is 24.3 Å². The first-order valence-corrected chi connectivity index (χ1v) is 5.33. The summed E-state index contributed by atoms with van der Waals surface area (Å²) in [6.45, 7) is 2.34. The van der Waals surface area contributed by atoms with Crippen molar-refractivity contribution in [3.05, 3.63) is 29.1 Å². The Hall–Kier alpha value is -1.13. The summed E-state index contributed by atoms with van der Waals surface area (Å²) in [5.41, 5.74) is 1.44. The van der Waals surface area contributed by atoms with Crippen molar-refractivity contribution in [2.75, 3.05) is 20.7 Å². The largest absolute Gasteiger partial charge is 0.496 e. The fourth-order valence-corrected chi connectivity index (χ4v) is 1.79. The molecule has 1 unspecified atom stereocenters. The van der Waals surface area contributed by atoms with Crippen molar-refractivity contribution in [3.8, 4) is 5.75 Å². The van der Waals surface area contributed by atoms with Crippen molar-refractivity contribution in [3.63, 3.8) is 0 Å². The summed E-state index contributed by atoms with van der Waals surface area (Å²) in [5, 5.41) is 12.8. The molecule has 2 N–H and O–H groups in total. The maximum atomic E-state index is 13.3. The van der Waals surface area contributed by atoms with E-state index in [0.717, 1.165) is 5.56 Å². The first-order valence-electron chi connectivity index (χ1n) is 5.33. The number of methoxy groups -OCH3 is 1. The van der Waals surface area contributed by atoms with Gasteiger partial charge in [0.2, 0.25) is 0 Å². The molecule has 3 nitrogen and oxygen atoms in total. The Bertz CT molecular complexity index is 355. The number of hydrogen-bond acceptors (Lipinski definition) is 3. The highest BCUT2D eigenvalue weighted by atomic mass is 19.1. The van der Waals surface area contributed by atoms with Gasteiger partial charge in [-0.15, -0.1) is 0 Å². The molecule has 0 aliphatic carbocycles. The fraction of sp³-hybridized carbons (Fsp3) is 0.500. The van der Waals surface area contributed by atoms with Crippen molar-refractivity contribution in [1.29, 1.82) is 0 Å². The average Bonchev–Trinajstić information content (AvgIpc) is 2.28. The fourth-order valence-electron chi connectivity index (χ4n) is 1.79. The molecule has 0 amide bonds. The smallest absolute Gasteiger partial charge is 0.127 e. The molecule has 0 saturated carbocycles. The van der Waals surface area contributed by atoms with Crippen LogP contribution in [0.4, 0.5) is 4.39 Å². The zero-order valence-corrected chi connectivity index (χ0v) is 9.88. The van der Waals surface area contributed by atoms with Gasteiger partial charge in [-0.25, -0.2) is 4.39 Å². The van der Waals surface area contributed by atoms with E-state index in [1.165, 1.54) is 19.2 Å². The van der Waals surface area contributed by atoms with Gasteiger partial charge in [0, 0.05) is 12.6 Å². The van der Waals surface area contributed by atoms with Gasteiger partial charge in [0.15, 0.2) is 0 Å². The summed E-state index contributed by atoms with van der Waals surface area (Å²) in [5.74, 6) is 0.104. The van der Waals surface area contributed by atoms with E-state index >= 15 is 0 Å². The minimum Gasteiger partial charge on any atom is -0.496 e. The molecular weight excluding hydrogens is 209 g/mol. The molecule has 16 heavy (non-hydrogen) atoms. The normalized spacial score (nSPS) is 12.6. The molecule has 0 bridgehead atoms. The number of aliphatic hydroxyl groups excluding tert-OH is 1. The van der Waals surface area contributed by atoms with Gasteiger partial charge in [0.1, 0.15) is 11.6 Å². The van der Waals surface area contributed by atoms with E-state index in [1.54, 1.807) is 7.05 Å². The number of nitrogens with one attached hydrogen (secondary N) is 1. The van der Waals surface area contributed by atoms with Gasteiger partial charge in [-0.05, 0) is 30.7 Å². The predicted molar refractivity (Wildman–Crippen MR) is 61.2 cm³/mol. The second-order valence-corrected chi connectivity index (χ2v) is 3.60. The van der Waals surface area contributed by atoms with Gasteiger partial charge >= 0.3 is 0 Å². The second kappa shape index (κ2) is 5.82. The van der Waals surface area contributed by atoms with Crippen molar-refractivity contribution in [1.82, 2.24) is 5.32 Å². The monoisotopic (exact) mass is 227 g/mol. The Kier molecular flexibility index (Phi) is 4.71. The molecule has 0 fully saturated rings. The number of rotatable bonds is 5. The third-order valence-corrected chi connectivity index (χ3v) is 2.54. The first kappa shape index (κ1) is 12.9. The molecule has 1 atom stereocenters. The third kappa shape index (κ3) is 2.71. The van der Waals surface area contributed by atoms with Gasteiger partial charge in [-0.2, -0.15) is 0 Å². The van der Waals surface area contributed by atoms with E-state index in [4.69, 9.17) is 4.74 Å². The maximum absolute atomic E-state index is 13.3. The average molecular weight is 227 g/mol. The second-order valence-electron chi connectivity index (χ2n) is 3.60. The van der Waals surface area contributed by atoms with Crippen LogP contribution in [0.25, 0.3) is 0 Å². The summed E-state index contributed by atoms with van der Waals surface area (Å²) < 4.78 is 18.4. The Balaban J connectivity index is 3.19. The lowest BCUT2D eigenvalue weighted by molar-refractivity contribution is 0.175. The molecule has 0 aromatic heterocycles. The summed E-state index contributed by atoms with van der Waals surface area (Å²) in [6.07, 6.45) is -0.0240. The molecule has 0 aliphatic rings. The highest BCUT2D eigenvalue weighted by Gasteiger charge is 2.16. The first-order chi connectivity index (χ1) is 7.63. The predicted octanol–water partition coefficient (Wildman–Crippen LogP) is 1.65. The molecule has 1 aromatic rings.